The number of carbonyl (C=O) groups excluding carboxylic acids is 2. The SMILES string of the molecule is CCN(CC)C(=O)[C@H](OC(=O)/C=C/c1ccc(OC)cc1OC)c1ccccc1. The molecule has 0 aliphatic carbocycles. The van der Waals surface area contributed by atoms with E-state index in [1.807, 2.05) is 32.0 Å². The highest BCUT2D eigenvalue weighted by molar-refractivity contribution is 5.91. The molecule has 0 saturated carbocycles. The van der Waals surface area contributed by atoms with Crippen LogP contribution in [0.4, 0.5) is 0 Å². The minimum Gasteiger partial charge on any atom is -0.497 e. The van der Waals surface area contributed by atoms with Crippen LogP contribution in [-0.2, 0) is 14.3 Å². The third-order valence-electron chi connectivity index (χ3n) is 4.48. The zero-order valence-corrected chi connectivity index (χ0v) is 17.3. The molecule has 6 nitrogen and oxygen atoms in total. The molecular formula is C23H27NO5. The minimum atomic E-state index is -0.994. The average Bonchev–Trinajstić information content (AvgIpc) is 2.77. The number of esters is 1. The van der Waals surface area contributed by atoms with Crippen molar-refractivity contribution in [1.82, 2.24) is 4.90 Å². The molecule has 154 valence electrons. The maximum Gasteiger partial charge on any atom is 0.331 e. The normalized spacial score (nSPS) is 11.7. The van der Waals surface area contributed by atoms with Gasteiger partial charge in [-0.3, -0.25) is 4.79 Å². The number of likely N-dealkylation sites (N-methyl/N-ethyl adjacent to an activating group) is 1. The third-order valence-corrected chi connectivity index (χ3v) is 4.48. The molecule has 2 rings (SSSR count). The van der Waals surface area contributed by atoms with Crippen molar-refractivity contribution in [2.75, 3.05) is 27.3 Å². The van der Waals surface area contributed by atoms with Crippen molar-refractivity contribution in [1.29, 1.82) is 0 Å². The first-order chi connectivity index (χ1) is 14.0. The molecule has 0 heterocycles. The van der Waals surface area contributed by atoms with Crippen LogP contribution in [-0.4, -0.2) is 44.1 Å². The lowest BCUT2D eigenvalue weighted by molar-refractivity contribution is -0.157. The zero-order valence-electron chi connectivity index (χ0n) is 17.3. The molecule has 0 aliphatic heterocycles. The Labute approximate surface area is 171 Å². The Bertz CT molecular complexity index is 844. The lowest BCUT2D eigenvalue weighted by Crippen LogP contribution is -2.36. The lowest BCUT2D eigenvalue weighted by atomic mass is 10.1. The van der Waals surface area contributed by atoms with Crippen LogP contribution >= 0.6 is 0 Å². The van der Waals surface area contributed by atoms with Gasteiger partial charge in [0.2, 0.25) is 6.10 Å². The fourth-order valence-corrected chi connectivity index (χ4v) is 2.86. The van der Waals surface area contributed by atoms with Gasteiger partial charge in [-0.15, -0.1) is 0 Å². The molecule has 0 aromatic heterocycles. The average molecular weight is 397 g/mol. The number of hydrogen-bond acceptors (Lipinski definition) is 5. The molecule has 0 saturated heterocycles. The highest BCUT2D eigenvalue weighted by Crippen LogP contribution is 2.26. The molecule has 0 bridgehead atoms. The number of carbonyl (C=O) groups is 2. The molecule has 1 amide bonds. The predicted molar refractivity (Wildman–Crippen MR) is 112 cm³/mol. The van der Waals surface area contributed by atoms with Crippen molar-refractivity contribution in [2.24, 2.45) is 0 Å². The number of rotatable bonds is 9. The van der Waals surface area contributed by atoms with Gasteiger partial charge in [0.1, 0.15) is 11.5 Å². The number of nitrogens with zero attached hydrogens (tertiary/aromatic N) is 1. The first-order valence-corrected chi connectivity index (χ1v) is 9.48. The Morgan fingerprint density at radius 3 is 2.28 bits per heavy atom. The molecule has 0 spiro atoms. The summed E-state index contributed by atoms with van der Waals surface area (Å²) in [6.45, 7) is 4.85. The summed E-state index contributed by atoms with van der Waals surface area (Å²) in [5, 5.41) is 0. The zero-order chi connectivity index (χ0) is 21.2. The molecular weight excluding hydrogens is 370 g/mol. The smallest absolute Gasteiger partial charge is 0.331 e. The van der Waals surface area contributed by atoms with Gasteiger partial charge in [-0.25, -0.2) is 4.79 Å². The van der Waals surface area contributed by atoms with Gasteiger partial charge in [0.25, 0.3) is 5.91 Å². The summed E-state index contributed by atoms with van der Waals surface area (Å²) >= 11 is 0. The van der Waals surface area contributed by atoms with Gasteiger partial charge in [0.05, 0.1) is 14.2 Å². The molecule has 2 aromatic carbocycles. The lowest BCUT2D eigenvalue weighted by Gasteiger charge is -2.25. The third kappa shape index (κ3) is 5.85. The number of methoxy groups -OCH3 is 2. The van der Waals surface area contributed by atoms with Gasteiger partial charge in [-0.1, -0.05) is 30.3 Å². The molecule has 0 fully saturated rings. The monoisotopic (exact) mass is 397 g/mol. The Hall–Kier alpha value is -3.28. The van der Waals surface area contributed by atoms with Crippen molar-refractivity contribution in [3.05, 3.63) is 65.7 Å². The standard InChI is InChI=1S/C23H27NO5/c1-5-24(6-2)23(26)22(18-10-8-7-9-11-18)29-21(25)15-13-17-12-14-19(27-3)16-20(17)28-4/h7-16,22H,5-6H2,1-4H3/b15-13+/t22-/m1/s1. The highest BCUT2D eigenvalue weighted by atomic mass is 16.5. The summed E-state index contributed by atoms with van der Waals surface area (Å²) in [5.74, 6) is 0.352. The molecule has 1 atom stereocenters. The molecule has 0 unspecified atom stereocenters. The Morgan fingerprint density at radius 1 is 1.00 bits per heavy atom. The van der Waals surface area contributed by atoms with Crippen molar-refractivity contribution in [3.63, 3.8) is 0 Å². The summed E-state index contributed by atoms with van der Waals surface area (Å²) < 4.78 is 16.0. The van der Waals surface area contributed by atoms with Gasteiger partial charge in [0.15, 0.2) is 0 Å². The van der Waals surface area contributed by atoms with Crippen LogP contribution in [0.5, 0.6) is 11.5 Å². The van der Waals surface area contributed by atoms with E-state index in [0.717, 1.165) is 0 Å². The predicted octanol–water partition coefficient (Wildman–Crippen LogP) is 3.87. The summed E-state index contributed by atoms with van der Waals surface area (Å²) in [6, 6.07) is 14.3. The Balaban J connectivity index is 2.22. The van der Waals surface area contributed by atoms with Crippen LogP contribution in [0.1, 0.15) is 31.1 Å². The van der Waals surface area contributed by atoms with Gasteiger partial charge in [0, 0.05) is 36.4 Å². The quantitative estimate of drug-likeness (QED) is 0.475. The second kappa shape index (κ2) is 10.9. The van der Waals surface area contributed by atoms with E-state index < -0.39 is 12.1 Å². The summed E-state index contributed by atoms with van der Waals surface area (Å²) in [4.78, 5) is 27.0. The first-order valence-electron chi connectivity index (χ1n) is 9.48. The van der Waals surface area contributed by atoms with E-state index in [9.17, 15) is 9.59 Å². The van der Waals surface area contributed by atoms with Crippen LogP contribution in [0.25, 0.3) is 6.08 Å². The first kappa shape index (κ1) is 22.0. The molecule has 29 heavy (non-hydrogen) atoms. The topological polar surface area (TPSA) is 65.1 Å². The number of benzene rings is 2. The van der Waals surface area contributed by atoms with Gasteiger partial charge >= 0.3 is 5.97 Å². The van der Waals surface area contributed by atoms with Gasteiger partial charge in [-0.05, 0) is 32.1 Å². The van der Waals surface area contributed by atoms with E-state index >= 15 is 0 Å². The fourth-order valence-electron chi connectivity index (χ4n) is 2.86. The van der Waals surface area contributed by atoms with Crippen LogP contribution in [0.15, 0.2) is 54.6 Å². The fraction of sp³-hybridized carbons (Fsp3) is 0.304. The van der Waals surface area contributed by atoms with E-state index in [-0.39, 0.29) is 5.91 Å². The van der Waals surface area contributed by atoms with E-state index in [0.29, 0.717) is 35.7 Å². The molecule has 0 aliphatic rings. The van der Waals surface area contributed by atoms with Crippen LogP contribution in [0, 0.1) is 0 Å². The van der Waals surface area contributed by atoms with Gasteiger partial charge in [-0.2, -0.15) is 0 Å². The number of amides is 1. The van der Waals surface area contributed by atoms with Crippen LogP contribution in [0.3, 0.4) is 0 Å². The van der Waals surface area contributed by atoms with Crippen LogP contribution < -0.4 is 9.47 Å². The molecule has 0 N–H and O–H groups in total. The Kier molecular flexibility index (Phi) is 8.27. The van der Waals surface area contributed by atoms with Gasteiger partial charge < -0.3 is 19.1 Å². The Morgan fingerprint density at radius 2 is 1.69 bits per heavy atom. The maximum atomic E-state index is 12.9. The van der Waals surface area contributed by atoms with Crippen molar-refractivity contribution in [2.45, 2.75) is 20.0 Å². The second-order valence-corrected chi connectivity index (χ2v) is 6.18. The molecule has 2 aromatic rings. The summed E-state index contributed by atoms with van der Waals surface area (Å²) in [7, 11) is 3.11. The van der Waals surface area contributed by atoms with Crippen molar-refractivity contribution in [3.8, 4) is 11.5 Å². The van der Waals surface area contributed by atoms with E-state index in [2.05, 4.69) is 0 Å². The van der Waals surface area contributed by atoms with Crippen molar-refractivity contribution < 1.29 is 23.8 Å². The summed E-state index contributed by atoms with van der Waals surface area (Å²) in [5.41, 5.74) is 1.32. The number of ether oxygens (including phenoxy) is 3. The van der Waals surface area contributed by atoms with E-state index in [1.165, 1.54) is 6.08 Å². The minimum absolute atomic E-state index is 0.245. The van der Waals surface area contributed by atoms with E-state index in [4.69, 9.17) is 14.2 Å². The number of hydrogen-bond donors (Lipinski definition) is 0. The molecule has 0 radical (unpaired) electrons. The summed E-state index contributed by atoms with van der Waals surface area (Å²) in [6.07, 6.45) is 1.88. The largest absolute Gasteiger partial charge is 0.497 e. The van der Waals surface area contributed by atoms with Crippen molar-refractivity contribution >= 4 is 18.0 Å². The maximum absolute atomic E-state index is 12.9. The second-order valence-electron chi connectivity index (χ2n) is 6.18. The highest BCUT2D eigenvalue weighted by Gasteiger charge is 2.27. The van der Waals surface area contributed by atoms with E-state index in [1.54, 1.807) is 55.5 Å². The van der Waals surface area contributed by atoms with Crippen LogP contribution in [0.2, 0.25) is 0 Å². The molecule has 6 heteroatoms.